The maximum atomic E-state index is 10.9. The Kier molecular flexibility index (Phi) is 5.40. The van der Waals surface area contributed by atoms with Gasteiger partial charge in [0.05, 0.1) is 13.2 Å². The van der Waals surface area contributed by atoms with E-state index in [-0.39, 0.29) is 11.4 Å². The first kappa shape index (κ1) is 14.5. The Balaban J connectivity index is 2.15. The van der Waals surface area contributed by atoms with Crippen molar-refractivity contribution in [2.45, 2.75) is 52.2 Å². The van der Waals surface area contributed by atoms with E-state index in [0.29, 0.717) is 18.6 Å². The van der Waals surface area contributed by atoms with E-state index >= 15 is 0 Å². The molecule has 1 saturated carbocycles. The van der Waals surface area contributed by atoms with Crippen molar-refractivity contribution in [2.75, 3.05) is 20.3 Å². The third-order valence-electron chi connectivity index (χ3n) is 3.72. The molecule has 1 rings (SSSR count). The second-order valence-electron chi connectivity index (χ2n) is 5.19. The number of nitrogens with one attached hydrogen (secondary N) is 1. The fourth-order valence-electron chi connectivity index (χ4n) is 2.33. The molecule has 1 aliphatic carbocycles. The summed E-state index contributed by atoms with van der Waals surface area (Å²) in [5.41, 5.74) is 0.196. The molecule has 1 fully saturated rings. The van der Waals surface area contributed by atoms with Crippen LogP contribution >= 0.6 is 0 Å². The van der Waals surface area contributed by atoms with E-state index in [0.717, 1.165) is 26.0 Å². The van der Waals surface area contributed by atoms with Crippen LogP contribution in [0.3, 0.4) is 0 Å². The van der Waals surface area contributed by atoms with Crippen molar-refractivity contribution < 1.29 is 14.3 Å². The summed E-state index contributed by atoms with van der Waals surface area (Å²) in [7, 11) is 1.43. The summed E-state index contributed by atoms with van der Waals surface area (Å²) < 4.78 is 10.3. The van der Waals surface area contributed by atoms with Crippen LogP contribution in [0.1, 0.15) is 40.0 Å². The lowest BCUT2D eigenvalue weighted by atomic mass is 9.64. The van der Waals surface area contributed by atoms with Gasteiger partial charge < -0.3 is 14.8 Å². The number of carbonyl (C=O) groups is 1. The van der Waals surface area contributed by atoms with E-state index in [9.17, 15) is 4.79 Å². The minimum Gasteiger partial charge on any atom is -0.469 e. The zero-order chi connectivity index (χ0) is 12.9. The number of carbonyl (C=O) groups excluding carboxylic acids is 1. The number of rotatable bonds is 7. The second kappa shape index (κ2) is 6.36. The highest BCUT2D eigenvalue weighted by Gasteiger charge is 2.48. The van der Waals surface area contributed by atoms with Crippen LogP contribution in [-0.2, 0) is 14.3 Å². The van der Waals surface area contributed by atoms with Gasteiger partial charge in [0.2, 0.25) is 0 Å². The number of methoxy groups -OCH3 is 1. The minimum atomic E-state index is -0.133. The smallest absolute Gasteiger partial charge is 0.305 e. The zero-order valence-corrected chi connectivity index (χ0v) is 11.4. The topological polar surface area (TPSA) is 47.6 Å². The molecule has 2 atom stereocenters. The molecular weight excluding hydrogens is 218 g/mol. The first-order valence-corrected chi connectivity index (χ1v) is 6.44. The first-order valence-electron chi connectivity index (χ1n) is 6.44. The SMILES string of the molecule is CCOC1CC(NCCCC(=O)OC)C1(C)C. The van der Waals surface area contributed by atoms with Gasteiger partial charge >= 0.3 is 5.97 Å². The van der Waals surface area contributed by atoms with Crippen LogP contribution in [0.4, 0.5) is 0 Å². The van der Waals surface area contributed by atoms with E-state index < -0.39 is 0 Å². The quantitative estimate of drug-likeness (QED) is 0.546. The minimum absolute atomic E-state index is 0.133. The van der Waals surface area contributed by atoms with E-state index in [1.165, 1.54) is 7.11 Å². The van der Waals surface area contributed by atoms with E-state index in [1.54, 1.807) is 0 Å². The molecule has 17 heavy (non-hydrogen) atoms. The third-order valence-corrected chi connectivity index (χ3v) is 3.72. The normalized spacial score (nSPS) is 26.4. The van der Waals surface area contributed by atoms with Gasteiger partial charge in [-0.15, -0.1) is 0 Å². The zero-order valence-electron chi connectivity index (χ0n) is 11.4. The number of hydrogen-bond acceptors (Lipinski definition) is 4. The molecule has 1 aliphatic rings. The molecule has 0 amide bonds. The Bertz CT molecular complexity index is 253. The van der Waals surface area contributed by atoms with Gasteiger partial charge in [-0.2, -0.15) is 0 Å². The molecule has 0 aliphatic heterocycles. The molecule has 0 radical (unpaired) electrons. The van der Waals surface area contributed by atoms with Gasteiger partial charge in [0, 0.05) is 24.5 Å². The Hall–Kier alpha value is -0.610. The monoisotopic (exact) mass is 243 g/mol. The fourth-order valence-corrected chi connectivity index (χ4v) is 2.33. The van der Waals surface area contributed by atoms with Gasteiger partial charge in [-0.25, -0.2) is 0 Å². The van der Waals surface area contributed by atoms with Crippen molar-refractivity contribution in [1.29, 1.82) is 0 Å². The van der Waals surface area contributed by atoms with Crippen LogP contribution in [0.25, 0.3) is 0 Å². The van der Waals surface area contributed by atoms with Crippen molar-refractivity contribution >= 4 is 5.97 Å². The lowest BCUT2D eigenvalue weighted by Gasteiger charge is -2.52. The summed E-state index contributed by atoms with van der Waals surface area (Å²) >= 11 is 0. The molecular formula is C13H25NO3. The van der Waals surface area contributed by atoms with Crippen molar-refractivity contribution in [3.63, 3.8) is 0 Å². The van der Waals surface area contributed by atoms with Gasteiger partial charge in [-0.1, -0.05) is 13.8 Å². The summed E-state index contributed by atoms with van der Waals surface area (Å²) in [4.78, 5) is 10.9. The molecule has 0 saturated heterocycles. The lowest BCUT2D eigenvalue weighted by molar-refractivity contribution is -0.140. The standard InChI is InChI=1S/C13H25NO3/c1-5-17-11-9-10(13(11,2)3)14-8-6-7-12(15)16-4/h10-11,14H,5-9H2,1-4H3. The van der Waals surface area contributed by atoms with Crippen molar-refractivity contribution in [3.05, 3.63) is 0 Å². The average molecular weight is 243 g/mol. The molecule has 2 unspecified atom stereocenters. The van der Waals surface area contributed by atoms with Crippen LogP contribution < -0.4 is 5.32 Å². The largest absolute Gasteiger partial charge is 0.469 e. The molecule has 0 aromatic heterocycles. The second-order valence-corrected chi connectivity index (χ2v) is 5.19. The number of ether oxygens (including phenoxy) is 2. The van der Waals surface area contributed by atoms with Gasteiger partial charge in [0.25, 0.3) is 0 Å². The summed E-state index contributed by atoms with van der Waals surface area (Å²) in [6, 6.07) is 0.497. The highest BCUT2D eigenvalue weighted by molar-refractivity contribution is 5.69. The summed E-state index contributed by atoms with van der Waals surface area (Å²) in [6.45, 7) is 8.14. The van der Waals surface area contributed by atoms with E-state index in [4.69, 9.17) is 4.74 Å². The van der Waals surface area contributed by atoms with Crippen LogP contribution in [0.5, 0.6) is 0 Å². The fraction of sp³-hybridized carbons (Fsp3) is 0.923. The van der Waals surface area contributed by atoms with Crippen LogP contribution in [0, 0.1) is 5.41 Å². The highest BCUT2D eigenvalue weighted by atomic mass is 16.5. The van der Waals surface area contributed by atoms with Crippen LogP contribution in [0.2, 0.25) is 0 Å². The third kappa shape index (κ3) is 3.68. The molecule has 4 heteroatoms. The van der Waals surface area contributed by atoms with Gasteiger partial charge in [-0.3, -0.25) is 4.79 Å². The molecule has 0 heterocycles. The van der Waals surface area contributed by atoms with E-state index in [1.807, 2.05) is 6.92 Å². The summed E-state index contributed by atoms with van der Waals surface area (Å²) in [5, 5.41) is 3.49. The van der Waals surface area contributed by atoms with Crippen LogP contribution in [-0.4, -0.2) is 38.4 Å². The molecule has 1 N–H and O–H groups in total. The summed E-state index contributed by atoms with van der Waals surface area (Å²) in [6.07, 6.45) is 2.76. The van der Waals surface area contributed by atoms with Gasteiger partial charge in [0.15, 0.2) is 0 Å². The number of hydrogen-bond donors (Lipinski definition) is 1. The predicted molar refractivity (Wildman–Crippen MR) is 66.9 cm³/mol. The van der Waals surface area contributed by atoms with Gasteiger partial charge in [0.1, 0.15) is 0 Å². The number of esters is 1. The van der Waals surface area contributed by atoms with Crippen molar-refractivity contribution in [1.82, 2.24) is 5.32 Å². The Morgan fingerprint density at radius 1 is 1.47 bits per heavy atom. The first-order chi connectivity index (χ1) is 8.02. The van der Waals surface area contributed by atoms with Crippen molar-refractivity contribution in [2.24, 2.45) is 5.41 Å². The molecule has 4 nitrogen and oxygen atoms in total. The summed E-state index contributed by atoms with van der Waals surface area (Å²) in [5.74, 6) is -0.133. The Morgan fingerprint density at radius 2 is 2.18 bits per heavy atom. The molecule has 0 aromatic carbocycles. The van der Waals surface area contributed by atoms with Gasteiger partial charge in [-0.05, 0) is 26.3 Å². The van der Waals surface area contributed by atoms with Crippen LogP contribution in [0.15, 0.2) is 0 Å². The average Bonchev–Trinajstić information content (AvgIpc) is 2.31. The predicted octanol–water partition coefficient (Wildman–Crippen LogP) is 1.73. The molecule has 0 bridgehead atoms. The molecule has 100 valence electrons. The Morgan fingerprint density at radius 3 is 2.71 bits per heavy atom. The van der Waals surface area contributed by atoms with Crippen molar-refractivity contribution in [3.8, 4) is 0 Å². The maximum absolute atomic E-state index is 10.9. The Labute approximate surface area is 104 Å². The van der Waals surface area contributed by atoms with E-state index in [2.05, 4.69) is 23.9 Å². The molecule has 0 spiro atoms. The maximum Gasteiger partial charge on any atom is 0.305 e. The lowest BCUT2D eigenvalue weighted by Crippen LogP contribution is -2.61. The molecule has 0 aromatic rings. The highest BCUT2D eigenvalue weighted by Crippen LogP contribution is 2.42.